The van der Waals surface area contributed by atoms with Crippen molar-refractivity contribution < 1.29 is 4.57 Å². The molecule has 0 amide bonds. The summed E-state index contributed by atoms with van der Waals surface area (Å²) < 4.78 is 2.34. The van der Waals surface area contributed by atoms with Crippen LogP contribution in [0.3, 0.4) is 0 Å². The van der Waals surface area contributed by atoms with Crippen LogP contribution < -0.4 is 19.8 Å². The summed E-state index contributed by atoms with van der Waals surface area (Å²) in [5, 5.41) is 4.06. The van der Waals surface area contributed by atoms with Crippen LogP contribution in [0.2, 0.25) is 6.82 Å². The van der Waals surface area contributed by atoms with E-state index in [2.05, 4.69) is 112 Å². The number of hydrogen-bond acceptors (Lipinski definition) is 1. The van der Waals surface area contributed by atoms with Crippen LogP contribution in [0.15, 0.2) is 54.6 Å². The van der Waals surface area contributed by atoms with Crippen molar-refractivity contribution in [2.75, 3.05) is 4.81 Å². The minimum absolute atomic E-state index is 0.0977. The van der Waals surface area contributed by atoms with Crippen molar-refractivity contribution in [3.05, 3.63) is 70.6 Å². The highest BCUT2D eigenvalue weighted by Gasteiger charge is 2.41. The van der Waals surface area contributed by atoms with Gasteiger partial charge in [0.15, 0.2) is 0 Å². The summed E-state index contributed by atoms with van der Waals surface area (Å²) in [6, 6.07) is 20.0. The molecule has 0 spiro atoms. The van der Waals surface area contributed by atoms with Gasteiger partial charge in [0.25, 0.3) is 5.82 Å². The van der Waals surface area contributed by atoms with Gasteiger partial charge >= 0.3 is 6.85 Å². The summed E-state index contributed by atoms with van der Waals surface area (Å²) in [5.74, 6) is 1.24. The first-order chi connectivity index (χ1) is 13.2. The molecule has 2 heterocycles. The number of rotatable bonds is 1. The van der Waals surface area contributed by atoms with Crippen molar-refractivity contribution in [3.8, 4) is 0 Å². The van der Waals surface area contributed by atoms with Crippen molar-refractivity contribution in [3.63, 3.8) is 0 Å². The molecule has 0 unspecified atom stereocenters. The van der Waals surface area contributed by atoms with E-state index in [0.717, 1.165) is 0 Å². The van der Waals surface area contributed by atoms with Crippen molar-refractivity contribution in [2.24, 2.45) is 12.5 Å². The molecule has 2 nitrogen and oxygen atoms in total. The first-order valence-corrected chi connectivity index (χ1v) is 10.2. The fourth-order valence-corrected chi connectivity index (χ4v) is 5.02. The van der Waals surface area contributed by atoms with Crippen molar-refractivity contribution in [2.45, 2.75) is 41.4 Å². The van der Waals surface area contributed by atoms with E-state index in [4.69, 9.17) is 0 Å². The van der Waals surface area contributed by atoms with Crippen molar-refractivity contribution in [1.29, 1.82) is 0 Å². The summed E-state index contributed by atoms with van der Waals surface area (Å²) in [6.07, 6.45) is 0. The summed E-state index contributed by atoms with van der Waals surface area (Å²) in [4.78, 5) is 2.52. The molecule has 0 radical (unpaired) electrons. The molecule has 28 heavy (non-hydrogen) atoms. The van der Waals surface area contributed by atoms with Crippen molar-refractivity contribution >= 4 is 34.7 Å². The van der Waals surface area contributed by atoms with Crippen molar-refractivity contribution in [1.82, 2.24) is 0 Å². The summed E-state index contributed by atoms with van der Waals surface area (Å²) >= 11 is 0. The quantitative estimate of drug-likeness (QED) is 0.465. The summed E-state index contributed by atoms with van der Waals surface area (Å²) in [5.41, 5.74) is 5.50. The van der Waals surface area contributed by atoms with Gasteiger partial charge in [-0.2, -0.15) is 0 Å². The average Bonchev–Trinajstić information content (AvgIpc) is 2.63. The maximum Gasteiger partial charge on any atom is 0.406 e. The van der Waals surface area contributed by atoms with E-state index in [1.807, 2.05) is 0 Å². The van der Waals surface area contributed by atoms with Gasteiger partial charge in [0.05, 0.1) is 12.7 Å². The molecular formula is C25H30BN2+. The lowest BCUT2D eigenvalue weighted by molar-refractivity contribution is -0.631. The summed E-state index contributed by atoms with van der Waals surface area (Å²) in [7, 11) is 2.19. The van der Waals surface area contributed by atoms with Gasteiger partial charge in [-0.05, 0) is 54.5 Å². The van der Waals surface area contributed by atoms with Gasteiger partial charge in [-0.15, -0.1) is 0 Å². The van der Waals surface area contributed by atoms with E-state index < -0.39 is 0 Å². The predicted octanol–water partition coefficient (Wildman–Crippen LogP) is 3.98. The van der Waals surface area contributed by atoms with Crippen LogP contribution in [0, 0.1) is 12.3 Å². The normalized spacial score (nSPS) is 14.7. The Labute approximate surface area is 168 Å². The van der Waals surface area contributed by atoms with E-state index in [9.17, 15) is 0 Å². The molecule has 0 saturated carbocycles. The van der Waals surface area contributed by atoms with Gasteiger partial charge in [-0.3, -0.25) is 4.81 Å². The lowest BCUT2D eigenvalue weighted by Crippen LogP contribution is -2.55. The fraction of sp³-hybridized carbons (Fsp3) is 0.320. The molecule has 1 aliphatic heterocycles. The van der Waals surface area contributed by atoms with Crippen LogP contribution in [0.5, 0.6) is 0 Å². The maximum absolute atomic E-state index is 2.52. The Balaban J connectivity index is 2.04. The number of hydrogen-bond donors (Lipinski definition) is 0. The molecule has 142 valence electrons. The third-order valence-electron chi connectivity index (χ3n) is 6.23. The SMILES string of the molecule is CB1C(C(C)(C)C)=c2ccccc2=C(C)N1c1ccc2c(C)cccc2[n+]1C. The molecule has 0 N–H and O–H groups in total. The second kappa shape index (κ2) is 6.51. The van der Waals surface area contributed by atoms with Gasteiger partial charge in [0.1, 0.15) is 5.52 Å². The maximum atomic E-state index is 2.52. The standard InChI is InChI=1S/C25H30BN2/c1-17-11-10-14-22-19(17)15-16-23(27(22)7)28-18(2)20-12-8-9-13-21(20)24(26(28)6)25(3,4)5/h8-16H,1-7H3/q+1. The predicted molar refractivity (Wildman–Crippen MR) is 122 cm³/mol. The zero-order valence-electron chi connectivity index (χ0n) is 18.2. The third-order valence-corrected chi connectivity index (χ3v) is 6.23. The van der Waals surface area contributed by atoms with E-state index in [0.29, 0.717) is 6.85 Å². The van der Waals surface area contributed by atoms with Gasteiger partial charge in [-0.25, -0.2) is 4.57 Å². The molecule has 0 atom stereocenters. The highest BCUT2D eigenvalue weighted by Crippen LogP contribution is 2.33. The van der Waals surface area contributed by atoms with Crippen LogP contribution in [0.1, 0.15) is 33.3 Å². The molecule has 3 aromatic rings. The Morgan fingerprint density at radius 1 is 0.857 bits per heavy atom. The Morgan fingerprint density at radius 3 is 2.21 bits per heavy atom. The zero-order chi connectivity index (χ0) is 20.2. The van der Waals surface area contributed by atoms with E-state index >= 15 is 0 Å². The Morgan fingerprint density at radius 2 is 1.54 bits per heavy atom. The van der Waals surface area contributed by atoms with Crippen LogP contribution in [-0.4, -0.2) is 6.85 Å². The largest absolute Gasteiger partial charge is 0.406 e. The topological polar surface area (TPSA) is 7.12 Å². The second-order valence-corrected chi connectivity index (χ2v) is 9.10. The fourth-order valence-electron chi connectivity index (χ4n) is 5.02. The molecule has 4 rings (SSSR count). The van der Waals surface area contributed by atoms with E-state index in [1.165, 1.54) is 43.9 Å². The number of aryl methyl sites for hydroxylation is 2. The zero-order valence-corrected chi connectivity index (χ0v) is 18.2. The molecule has 1 aromatic heterocycles. The Bertz CT molecular complexity index is 1200. The molecule has 3 heteroatoms. The third kappa shape index (κ3) is 2.76. The highest BCUT2D eigenvalue weighted by atomic mass is 15.2. The molecule has 0 saturated heterocycles. The molecule has 0 bridgehead atoms. The van der Waals surface area contributed by atoms with Gasteiger partial charge in [-0.1, -0.05) is 57.2 Å². The van der Waals surface area contributed by atoms with E-state index in [-0.39, 0.29) is 5.41 Å². The second-order valence-electron chi connectivity index (χ2n) is 9.10. The monoisotopic (exact) mass is 369 g/mol. The Kier molecular flexibility index (Phi) is 4.37. The summed E-state index contributed by atoms with van der Waals surface area (Å²) in [6.45, 7) is 14.1. The number of benzene rings is 2. The average molecular weight is 369 g/mol. The first-order valence-electron chi connectivity index (χ1n) is 10.2. The van der Waals surface area contributed by atoms with Crippen LogP contribution in [0.25, 0.3) is 22.1 Å². The molecule has 1 aliphatic rings. The smallest absolute Gasteiger partial charge is 0.290 e. The van der Waals surface area contributed by atoms with Crippen LogP contribution >= 0.6 is 0 Å². The highest BCUT2D eigenvalue weighted by molar-refractivity contribution is 6.81. The van der Waals surface area contributed by atoms with Gasteiger partial charge in [0, 0.05) is 16.7 Å². The number of pyridine rings is 1. The number of anilines is 1. The van der Waals surface area contributed by atoms with Crippen LogP contribution in [-0.2, 0) is 7.05 Å². The van der Waals surface area contributed by atoms with Gasteiger partial charge in [0.2, 0.25) is 0 Å². The number of nitrogens with zero attached hydrogens (tertiary/aromatic N) is 2. The molecular weight excluding hydrogens is 339 g/mol. The van der Waals surface area contributed by atoms with E-state index in [1.54, 1.807) is 0 Å². The van der Waals surface area contributed by atoms with Gasteiger partial charge < -0.3 is 0 Å². The van der Waals surface area contributed by atoms with Crippen LogP contribution in [0.4, 0.5) is 5.82 Å². The molecule has 2 aromatic carbocycles. The minimum Gasteiger partial charge on any atom is -0.290 e. The lowest BCUT2D eigenvalue weighted by Gasteiger charge is -2.34. The number of aromatic nitrogens is 1. The molecule has 0 fully saturated rings. The Hall–Kier alpha value is -2.55. The minimum atomic E-state index is 0.0977. The molecule has 0 aliphatic carbocycles. The first kappa shape index (κ1) is 18.8. The lowest BCUT2D eigenvalue weighted by atomic mass is 9.47. The number of fused-ring (bicyclic) bond motifs is 2.